The van der Waals surface area contributed by atoms with Crippen molar-refractivity contribution in [3.8, 4) is 0 Å². The zero-order valence-electron chi connectivity index (χ0n) is 35.7. The van der Waals surface area contributed by atoms with Crippen LogP contribution >= 0.6 is 0 Å². The van der Waals surface area contributed by atoms with Crippen LogP contribution in [0.3, 0.4) is 0 Å². The second-order valence-corrected chi connectivity index (χ2v) is 16.2. The van der Waals surface area contributed by atoms with Crippen molar-refractivity contribution in [2.75, 3.05) is 6.61 Å². The predicted molar refractivity (Wildman–Crippen MR) is 227 cm³/mol. The Kier molecular flexibility index (Phi) is 40.7. The summed E-state index contributed by atoms with van der Waals surface area (Å²) in [7, 11) is 0. The van der Waals surface area contributed by atoms with Gasteiger partial charge in [0.1, 0.15) is 6.10 Å². The molecule has 3 N–H and O–H groups in total. The number of aliphatic hydroxyl groups excluding tert-OH is 2. The third kappa shape index (κ3) is 37.3. The molecule has 0 aromatic carbocycles. The topological polar surface area (TPSA) is 95.9 Å². The molecule has 0 aliphatic carbocycles. The van der Waals surface area contributed by atoms with E-state index in [1.54, 1.807) is 0 Å². The maximum Gasteiger partial charge on any atom is 0.306 e. The van der Waals surface area contributed by atoms with Gasteiger partial charge in [-0.05, 0) is 51.4 Å². The van der Waals surface area contributed by atoms with Gasteiger partial charge >= 0.3 is 5.97 Å². The number of ether oxygens (including phenoxy) is 1. The summed E-state index contributed by atoms with van der Waals surface area (Å²) in [6.07, 6.45) is 44.1. The van der Waals surface area contributed by atoms with Crippen molar-refractivity contribution in [2.24, 2.45) is 0 Å². The molecular weight excluding hydrogens is 659 g/mol. The number of amides is 1. The molecule has 0 fully saturated rings. The van der Waals surface area contributed by atoms with Gasteiger partial charge in [-0.25, -0.2) is 0 Å². The van der Waals surface area contributed by atoms with E-state index in [4.69, 9.17) is 4.74 Å². The molecule has 6 heteroatoms. The van der Waals surface area contributed by atoms with E-state index in [0.717, 1.165) is 51.4 Å². The second-order valence-electron chi connectivity index (χ2n) is 16.2. The van der Waals surface area contributed by atoms with E-state index in [0.29, 0.717) is 19.3 Å². The monoisotopic (exact) mass is 750 g/mol. The van der Waals surface area contributed by atoms with Gasteiger partial charge in [0.2, 0.25) is 5.91 Å². The lowest BCUT2D eigenvalue weighted by atomic mass is 10.0. The Labute approximate surface area is 329 Å². The Morgan fingerprint density at radius 2 is 0.906 bits per heavy atom. The highest BCUT2D eigenvalue weighted by atomic mass is 16.5. The molecule has 3 unspecified atom stereocenters. The van der Waals surface area contributed by atoms with Gasteiger partial charge < -0.3 is 20.3 Å². The van der Waals surface area contributed by atoms with Crippen molar-refractivity contribution in [2.45, 2.75) is 270 Å². The molecule has 0 aliphatic rings. The highest BCUT2D eigenvalue weighted by Gasteiger charge is 2.24. The van der Waals surface area contributed by atoms with Gasteiger partial charge in [-0.1, -0.05) is 200 Å². The molecule has 0 radical (unpaired) electrons. The Morgan fingerprint density at radius 1 is 0.528 bits per heavy atom. The van der Waals surface area contributed by atoms with Crippen LogP contribution in [0.2, 0.25) is 0 Å². The normalized spacial score (nSPS) is 13.4. The molecule has 0 rings (SSSR count). The molecular formula is C47H91NO5. The molecule has 0 aromatic rings. The van der Waals surface area contributed by atoms with E-state index >= 15 is 0 Å². The number of allylic oxidation sites excluding steroid dienone is 2. The van der Waals surface area contributed by atoms with Gasteiger partial charge in [-0.3, -0.25) is 9.59 Å². The predicted octanol–water partition coefficient (Wildman–Crippen LogP) is 13.4. The summed E-state index contributed by atoms with van der Waals surface area (Å²) in [5.41, 5.74) is 0. The van der Waals surface area contributed by atoms with Crippen LogP contribution in [-0.2, 0) is 14.3 Å². The minimum atomic E-state index is -0.781. The summed E-state index contributed by atoms with van der Waals surface area (Å²) in [5.74, 6) is -0.482. The second kappa shape index (κ2) is 41.8. The molecule has 0 aliphatic heterocycles. The summed E-state index contributed by atoms with van der Waals surface area (Å²) < 4.78 is 5.90. The zero-order valence-corrected chi connectivity index (χ0v) is 35.7. The molecule has 0 heterocycles. The fraction of sp³-hybridized carbons (Fsp3) is 0.915. The van der Waals surface area contributed by atoms with Crippen LogP contribution in [-0.4, -0.2) is 46.9 Å². The quantitative estimate of drug-likeness (QED) is 0.0328. The number of hydrogen-bond acceptors (Lipinski definition) is 5. The van der Waals surface area contributed by atoms with Gasteiger partial charge in [-0.2, -0.15) is 0 Å². The molecule has 6 nitrogen and oxygen atoms in total. The first-order valence-corrected chi connectivity index (χ1v) is 23.4. The van der Waals surface area contributed by atoms with Gasteiger partial charge in [0.15, 0.2) is 0 Å². The minimum Gasteiger partial charge on any atom is -0.462 e. The average molecular weight is 750 g/mol. The first kappa shape index (κ1) is 51.6. The van der Waals surface area contributed by atoms with E-state index in [1.807, 2.05) is 0 Å². The highest BCUT2D eigenvalue weighted by Crippen LogP contribution is 2.18. The average Bonchev–Trinajstić information content (AvgIpc) is 3.15. The van der Waals surface area contributed by atoms with Crippen molar-refractivity contribution >= 4 is 11.9 Å². The Morgan fingerprint density at radius 3 is 1.34 bits per heavy atom. The molecule has 0 saturated carbocycles. The molecule has 1 amide bonds. The van der Waals surface area contributed by atoms with Crippen LogP contribution in [0.1, 0.15) is 252 Å². The maximum atomic E-state index is 13.1. The standard InChI is InChI=1S/C47H91NO5/c1-4-7-10-13-16-19-22-23-25-28-31-34-37-40-47(52)53-43(38-35-32-29-26-24-20-17-14-11-8-5-2)41-46(51)48-44(42-49)45(50)39-36-33-30-27-21-18-15-12-9-6-3/h23,25,43-45,49-50H,4-22,24,26-42H2,1-3H3,(H,48,51)/b25-23-. The molecule has 53 heavy (non-hydrogen) atoms. The number of hydrogen-bond donors (Lipinski definition) is 3. The van der Waals surface area contributed by atoms with Gasteiger partial charge in [-0.15, -0.1) is 0 Å². The fourth-order valence-corrected chi connectivity index (χ4v) is 7.25. The zero-order chi connectivity index (χ0) is 38.9. The first-order chi connectivity index (χ1) is 26.0. The summed E-state index contributed by atoms with van der Waals surface area (Å²) in [6, 6.07) is -0.695. The van der Waals surface area contributed by atoms with Crippen molar-refractivity contribution in [1.82, 2.24) is 5.32 Å². The fourth-order valence-electron chi connectivity index (χ4n) is 7.25. The van der Waals surface area contributed by atoms with Gasteiger partial charge in [0.05, 0.1) is 25.2 Å². The first-order valence-electron chi connectivity index (χ1n) is 23.4. The summed E-state index contributed by atoms with van der Waals surface area (Å²) in [4.78, 5) is 26.0. The molecule has 0 aromatic heterocycles. The Bertz CT molecular complexity index is 802. The lowest BCUT2D eigenvalue weighted by Crippen LogP contribution is -2.46. The van der Waals surface area contributed by atoms with Crippen molar-refractivity contribution in [1.29, 1.82) is 0 Å². The highest BCUT2D eigenvalue weighted by molar-refractivity contribution is 5.77. The number of unbranched alkanes of at least 4 members (excludes halogenated alkanes) is 28. The largest absolute Gasteiger partial charge is 0.462 e. The number of aliphatic hydroxyl groups is 2. The van der Waals surface area contributed by atoms with Crippen LogP contribution in [0.25, 0.3) is 0 Å². The minimum absolute atomic E-state index is 0.0778. The number of carbonyl (C=O) groups excluding carboxylic acids is 2. The van der Waals surface area contributed by atoms with Crippen LogP contribution in [0.15, 0.2) is 12.2 Å². The van der Waals surface area contributed by atoms with Crippen molar-refractivity contribution < 1.29 is 24.5 Å². The number of carbonyl (C=O) groups is 2. The molecule has 0 saturated heterocycles. The van der Waals surface area contributed by atoms with Gasteiger partial charge in [0, 0.05) is 6.42 Å². The smallest absolute Gasteiger partial charge is 0.306 e. The summed E-state index contributed by atoms with van der Waals surface area (Å²) in [6.45, 7) is 6.46. The number of nitrogens with one attached hydrogen (secondary N) is 1. The van der Waals surface area contributed by atoms with E-state index in [2.05, 4.69) is 38.2 Å². The Hall–Kier alpha value is -1.40. The molecule has 0 bridgehead atoms. The number of rotatable bonds is 42. The van der Waals surface area contributed by atoms with E-state index < -0.39 is 18.2 Å². The third-order valence-electron chi connectivity index (χ3n) is 10.8. The lowest BCUT2D eigenvalue weighted by Gasteiger charge is -2.24. The molecule has 0 spiro atoms. The summed E-state index contributed by atoms with van der Waals surface area (Å²) >= 11 is 0. The van der Waals surface area contributed by atoms with Crippen LogP contribution < -0.4 is 5.32 Å². The Balaban J connectivity index is 4.57. The van der Waals surface area contributed by atoms with Crippen LogP contribution in [0.5, 0.6) is 0 Å². The molecule has 314 valence electrons. The lowest BCUT2D eigenvalue weighted by molar-refractivity contribution is -0.151. The SMILES string of the molecule is CCCCCCCC/C=C\CCCCCC(=O)OC(CCCCCCCCCCCCC)CC(=O)NC(CO)C(O)CCCCCCCCCCCC. The summed E-state index contributed by atoms with van der Waals surface area (Å²) in [5, 5.41) is 23.6. The number of esters is 1. The van der Waals surface area contributed by atoms with Crippen LogP contribution in [0.4, 0.5) is 0 Å². The maximum absolute atomic E-state index is 13.1. The van der Waals surface area contributed by atoms with Crippen molar-refractivity contribution in [3.05, 3.63) is 12.2 Å². The van der Waals surface area contributed by atoms with E-state index in [9.17, 15) is 19.8 Å². The third-order valence-corrected chi connectivity index (χ3v) is 10.8. The molecule has 3 atom stereocenters. The van der Waals surface area contributed by atoms with E-state index in [1.165, 1.54) is 154 Å². The van der Waals surface area contributed by atoms with Gasteiger partial charge in [0.25, 0.3) is 0 Å². The van der Waals surface area contributed by atoms with Crippen LogP contribution in [0, 0.1) is 0 Å². The van der Waals surface area contributed by atoms with Crippen molar-refractivity contribution in [3.63, 3.8) is 0 Å². The van der Waals surface area contributed by atoms with E-state index in [-0.39, 0.29) is 24.9 Å².